The molecule has 1 aliphatic carbocycles. The van der Waals surface area contributed by atoms with Crippen molar-refractivity contribution in [2.75, 3.05) is 26.2 Å². The third kappa shape index (κ3) is 4.23. The molecule has 0 radical (unpaired) electrons. The fourth-order valence-electron chi connectivity index (χ4n) is 3.23. The second-order valence-corrected chi connectivity index (χ2v) is 6.87. The number of rotatable bonds is 5. The Hall–Kier alpha value is -2.58. The van der Waals surface area contributed by atoms with E-state index in [1.165, 1.54) is 49.2 Å². The van der Waals surface area contributed by atoms with Gasteiger partial charge in [-0.05, 0) is 43.2 Å². The standard InChI is InChI=1S/C19H21FN4O3/c20-13-1-3-15(4-2-13)24-18(25)8-7-17(22-24)19(26)21-11-16-12-23(9-10-27-16)14-5-6-14/h1-4,7-8,14,16H,5-6,9-12H2,(H,21,26). The van der Waals surface area contributed by atoms with Crippen molar-refractivity contribution >= 4 is 5.91 Å². The van der Waals surface area contributed by atoms with Crippen LogP contribution in [-0.4, -0.2) is 59.0 Å². The number of halogens is 1. The zero-order chi connectivity index (χ0) is 18.8. The molecule has 1 amide bonds. The molecule has 1 saturated heterocycles. The molecule has 1 saturated carbocycles. The molecular weight excluding hydrogens is 351 g/mol. The molecule has 1 aliphatic heterocycles. The lowest BCUT2D eigenvalue weighted by Crippen LogP contribution is -2.48. The first-order valence-corrected chi connectivity index (χ1v) is 9.10. The van der Waals surface area contributed by atoms with E-state index in [0.717, 1.165) is 17.8 Å². The van der Waals surface area contributed by atoms with Crippen LogP contribution in [0.4, 0.5) is 4.39 Å². The smallest absolute Gasteiger partial charge is 0.271 e. The maximum absolute atomic E-state index is 13.1. The van der Waals surface area contributed by atoms with Crippen molar-refractivity contribution in [1.29, 1.82) is 0 Å². The molecule has 0 bridgehead atoms. The number of morpholine rings is 1. The number of amides is 1. The monoisotopic (exact) mass is 372 g/mol. The van der Waals surface area contributed by atoms with Gasteiger partial charge in [-0.25, -0.2) is 4.39 Å². The van der Waals surface area contributed by atoms with E-state index in [4.69, 9.17) is 4.74 Å². The molecule has 1 atom stereocenters. The van der Waals surface area contributed by atoms with Crippen molar-refractivity contribution in [3.8, 4) is 5.69 Å². The van der Waals surface area contributed by atoms with E-state index < -0.39 is 11.4 Å². The van der Waals surface area contributed by atoms with Crippen LogP contribution in [0.25, 0.3) is 5.69 Å². The van der Waals surface area contributed by atoms with Gasteiger partial charge in [-0.1, -0.05) is 0 Å². The highest BCUT2D eigenvalue weighted by Crippen LogP contribution is 2.28. The van der Waals surface area contributed by atoms with Gasteiger partial charge in [-0.2, -0.15) is 9.78 Å². The topological polar surface area (TPSA) is 76.5 Å². The Morgan fingerprint density at radius 2 is 2.00 bits per heavy atom. The molecule has 2 fully saturated rings. The maximum atomic E-state index is 13.1. The lowest BCUT2D eigenvalue weighted by molar-refractivity contribution is -0.0293. The minimum Gasteiger partial charge on any atom is -0.374 e. The van der Waals surface area contributed by atoms with E-state index in [1.54, 1.807) is 0 Å². The van der Waals surface area contributed by atoms with Gasteiger partial charge < -0.3 is 10.1 Å². The lowest BCUT2D eigenvalue weighted by atomic mass is 10.2. The summed E-state index contributed by atoms with van der Waals surface area (Å²) in [4.78, 5) is 26.9. The van der Waals surface area contributed by atoms with E-state index in [9.17, 15) is 14.0 Å². The molecule has 142 valence electrons. The van der Waals surface area contributed by atoms with Crippen LogP contribution < -0.4 is 10.9 Å². The first-order valence-electron chi connectivity index (χ1n) is 9.10. The summed E-state index contributed by atoms with van der Waals surface area (Å²) in [5.41, 5.74) is 0.120. The fourth-order valence-corrected chi connectivity index (χ4v) is 3.23. The third-order valence-electron chi connectivity index (χ3n) is 4.83. The second kappa shape index (κ2) is 7.58. The van der Waals surface area contributed by atoms with Gasteiger partial charge in [-0.15, -0.1) is 0 Å². The highest BCUT2D eigenvalue weighted by molar-refractivity contribution is 5.92. The van der Waals surface area contributed by atoms with Gasteiger partial charge in [0.15, 0.2) is 0 Å². The van der Waals surface area contributed by atoms with Crippen LogP contribution in [0.3, 0.4) is 0 Å². The van der Waals surface area contributed by atoms with Crippen molar-refractivity contribution < 1.29 is 13.9 Å². The average molecular weight is 372 g/mol. The Balaban J connectivity index is 1.42. The quantitative estimate of drug-likeness (QED) is 0.846. The molecule has 2 aliphatic rings. The minimum absolute atomic E-state index is 0.0497. The molecule has 1 N–H and O–H groups in total. The Labute approximate surface area is 155 Å². The number of nitrogens with zero attached hydrogens (tertiary/aromatic N) is 3. The molecule has 1 aromatic carbocycles. The number of carbonyl (C=O) groups excluding carboxylic acids is 1. The highest BCUT2D eigenvalue weighted by Gasteiger charge is 2.33. The molecule has 27 heavy (non-hydrogen) atoms. The number of hydrogen-bond acceptors (Lipinski definition) is 5. The Bertz CT molecular complexity index is 879. The molecule has 7 nitrogen and oxygen atoms in total. The summed E-state index contributed by atoms with van der Waals surface area (Å²) in [6, 6.07) is 8.69. The van der Waals surface area contributed by atoms with E-state index in [2.05, 4.69) is 15.3 Å². The zero-order valence-corrected chi connectivity index (χ0v) is 14.8. The fraction of sp³-hybridized carbons (Fsp3) is 0.421. The summed E-state index contributed by atoms with van der Waals surface area (Å²) >= 11 is 0. The van der Waals surface area contributed by atoms with Crippen LogP contribution in [0.5, 0.6) is 0 Å². The SMILES string of the molecule is O=C(NCC1CN(C2CC2)CCO1)c1ccc(=O)n(-c2ccc(F)cc2)n1. The Morgan fingerprint density at radius 1 is 1.22 bits per heavy atom. The first-order chi connectivity index (χ1) is 13.1. The number of carbonyl (C=O) groups is 1. The van der Waals surface area contributed by atoms with Crippen molar-refractivity contribution in [1.82, 2.24) is 20.0 Å². The number of ether oxygens (including phenoxy) is 1. The molecule has 0 spiro atoms. The van der Waals surface area contributed by atoms with Gasteiger partial charge in [0.1, 0.15) is 11.5 Å². The van der Waals surface area contributed by atoms with Crippen LogP contribution in [0.2, 0.25) is 0 Å². The van der Waals surface area contributed by atoms with Crippen molar-refractivity contribution in [2.45, 2.75) is 25.0 Å². The van der Waals surface area contributed by atoms with Gasteiger partial charge in [0.25, 0.3) is 11.5 Å². The van der Waals surface area contributed by atoms with Crippen molar-refractivity contribution in [3.63, 3.8) is 0 Å². The van der Waals surface area contributed by atoms with Gasteiger partial charge in [0, 0.05) is 31.7 Å². The molecule has 4 rings (SSSR count). The number of hydrogen-bond donors (Lipinski definition) is 1. The molecule has 2 aromatic rings. The first kappa shape index (κ1) is 17.8. The van der Waals surface area contributed by atoms with Crippen LogP contribution in [0, 0.1) is 5.82 Å². The van der Waals surface area contributed by atoms with E-state index >= 15 is 0 Å². The molecular formula is C19H21FN4O3. The summed E-state index contributed by atoms with van der Waals surface area (Å²) < 4.78 is 19.9. The maximum Gasteiger partial charge on any atom is 0.271 e. The summed E-state index contributed by atoms with van der Waals surface area (Å²) in [7, 11) is 0. The summed E-state index contributed by atoms with van der Waals surface area (Å²) in [5, 5.41) is 6.93. The number of aromatic nitrogens is 2. The largest absolute Gasteiger partial charge is 0.374 e. The summed E-state index contributed by atoms with van der Waals surface area (Å²) in [5.74, 6) is -0.786. The van der Waals surface area contributed by atoms with Gasteiger partial charge in [0.05, 0.1) is 18.4 Å². The zero-order valence-electron chi connectivity index (χ0n) is 14.8. The van der Waals surface area contributed by atoms with Gasteiger partial charge >= 0.3 is 0 Å². The molecule has 1 unspecified atom stereocenters. The van der Waals surface area contributed by atoms with Crippen LogP contribution in [-0.2, 0) is 4.74 Å². The van der Waals surface area contributed by atoms with E-state index in [0.29, 0.717) is 24.9 Å². The second-order valence-electron chi connectivity index (χ2n) is 6.87. The Morgan fingerprint density at radius 3 is 2.74 bits per heavy atom. The summed E-state index contributed by atoms with van der Waals surface area (Å²) in [6.07, 6.45) is 2.44. The average Bonchev–Trinajstić information content (AvgIpc) is 3.53. The Kier molecular flexibility index (Phi) is 5.00. The third-order valence-corrected chi connectivity index (χ3v) is 4.83. The highest BCUT2D eigenvalue weighted by atomic mass is 19.1. The predicted octanol–water partition coefficient (Wildman–Crippen LogP) is 0.965. The molecule has 8 heteroatoms. The predicted molar refractivity (Wildman–Crippen MR) is 96.5 cm³/mol. The molecule has 1 aromatic heterocycles. The van der Waals surface area contributed by atoms with Gasteiger partial charge in [0.2, 0.25) is 0 Å². The number of benzene rings is 1. The van der Waals surface area contributed by atoms with Crippen LogP contribution >= 0.6 is 0 Å². The minimum atomic E-state index is -0.409. The number of nitrogens with one attached hydrogen (secondary N) is 1. The molecule has 2 heterocycles. The summed E-state index contributed by atoms with van der Waals surface area (Å²) in [6.45, 7) is 2.82. The van der Waals surface area contributed by atoms with Crippen LogP contribution in [0.15, 0.2) is 41.2 Å². The lowest BCUT2D eigenvalue weighted by Gasteiger charge is -2.33. The van der Waals surface area contributed by atoms with Gasteiger partial charge in [-0.3, -0.25) is 14.5 Å². The van der Waals surface area contributed by atoms with Crippen molar-refractivity contribution in [3.05, 3.63) is 58.3 Å². The normalized spacial score (nSPS) is 20.4. The van der Waals surface area contributed by atoms with E-state index in [1.807, 2.05) is 0 Å². The van der Waals surface area contributed by atoms with Crippen molar-refractivity contribution in [2.24, 2.45) is 0 Å². The van der Waals surface area contributed by atoms with Crippen LogP contribution in [0.1, 0.15) is 23.3 Å². The van der Waals surface area contributed by atoms with E-state index in [-0.39, 0.29) is 17.7 Å².